The second kappa shape index (κ2) is 6.60. The molecule has 0 spiro atoms. The Balaban J connectivity index is 1.36. The van der Waals surface area contributed by atoms with Crippen molar-refractivity contribution in [3.63, 3.8) is 0 Å². The van der Waals surface area contributed by atoms with E-state index in [0.29, 0.717) is 23.5 Å². The average Bonchev–Trinajstić information content (AvgIpc) is 3.28. The molecule has 2 aliphatic carbocycles. The first-order valence-corrected chi connectivity index (χ1v) is 11.3. The number of aromatic nitrogens is 2. The van der Waals surface area contributed by atoms with E-state index < -0.39 is 0 Å². The molecular formula is C25H33N3O2. The Morgan fingerprint density at radius 1 is 1.33 bits per heavy atom. The Morgan fingerprint density at radius 3 is 2.90 bits per heavy atom. The van der Waals surface area contributed by atoms with Crippen LogP contribution in [0.3, 0.4) is 0 Å². The maximum atomic E-state index is 12.0. The van der Waals surface area contributed by atoms with Crippen molar-refractivity contribution in [2.75, 3.05) is 13.2 Å². The van der Waals surface area contributed by atoms with Crippen molar-refractivity contribution >= 4 is 22.7 Å². The molecular weight excluding hydrogens is 374 g/mol. The van der Waals surface area contributed by atoms with E-state index in [0.717, 1.165) is 41.1 Å². The number of rotatable bonds is 5. The van der Waals surface area contributed by atoms with Gasteiger partial charge in [0.15, 0.2) is 0 Å². The van der Waals surface area contributed by atoms with E-state index in [2.05, 4.69) is 55.4 Å². The smallest absolute Gasteiger partial charge is 0.309 e. The van der Waals surface area contributed by atoms with Crippen molar-refractivity contribution in [3.05, 3.63) is 36.2 Å². The number of ether oxygens (including phenoxy) is 1. The number of imidazole rings is 1. The van der Waals surface area contributed by atoms with Crippen LogP contribution >= 0.6 is 0 Å². The summed E-state index contributed by atoms with van der Waals surface area (Å²) >= 11 is 0. The number of hydrogen-bond donors (Lipinski definition) is 1. The standard InChI is InChI=1S/C25H33N3O2/c1-6-30-23(29)19-10-18(19)22-26-20-8-7-16(9-21(20)27-22)15(2)28-14-25(5)12-17(28)11-24(3,4)13-25/h7-9,17-19H,2,6,10-14H2,1,3-5H3,(H,26,27). The van der Waals surface area contributed by atoms with Crippen LogP contribution in [-0.4, -0.2) is 40.0 Å². The van der Waals surface area contributed by atoms with Crippen LogP contribution in [0, 0.1) is 16.7 Å². The number of benzene rings is 1. The molecule has 2 heterocycles. The van der Waals surface area contributed by atoms with E-state index >= 15 is 0 Å². The zero-order valence-corrected chi connectivity index (χ0v) is 18.6. The van der Waals surface area contributed by atoms with Crippen LogP contribution in [0.4, 0.5) is 0 Å². The highest BCUT2D eigenvalue weighted by molar-refractivity contribution is 5.81. The number of hydrogen-bond acceptors (Lipinski definition) is 4. The Labute approximate surface area is 178 Å². The first-order chi connectivity index (χ1) is 14.2. The summed E-state index contributed by atoms with van der Waals surface area (Å²) < 4.78 is 5.16. The Bertz CT molecular complexity index is 1020. The predicted octanol–water partition coefficient (Wildman–Crippen LogP) is 5.10. The van der Waals surface area contributed by atoms with Gasteiger partial charge in [0, 0.05) is 24.2 Å². The zero-order valence-electron chi connectivity index (χ0n) is 18.6. The van der Waals surface area contributed by atoms with E-state index in [1.165, 1.54) is 19.3 Å². The number of esters is 1. The summed E-state index contributed by atoms with van der Waals surface area (Å²) in [7, 11) is 0. The molecule has 3 aliphatic rings. The SMILES string of the molecule is C=C(c1ccc2nc(C3CC3C(=O)OCC)[nH]c2c1)N1CC2(C)CC1CC(C)(C)C2. The molecule has 1 N–H and O–H groups in total. The van der Waals surface area contributed by atoms with Gasteiger partial charge in [-0.1, -0.05) is 33.4 Å². The lowest BCUT2D eigenvalue weighted by atomic mass is 9.65. The Hall–Kier alpha value is -2.30. The molecule has 2 bridgehead atoms. The van der Waals surface area contributed by atoms with Gasteiger partial charge in [0.05, 0.1) is 23.6 Å². The van der Waals surface area contributed by atoms with Crippen molar-refractivity contribution in [1.29, 1.82) is 0 Å². The van der Waals surface area contributed by atoms with Gasteiger partial charge in [0.1, 0.15) is 5.82 Å². The molecule has 4 unspecified atom stereocenters. The fourth-order valence-corrected chi connectivity index (χ4v) is 6.33. The minimum Gasteiger partial charge on any atom is -0.466 e. The summed E-state index contributed by atoms with van der Waals surface area (Å²) in [5.74, 6) is 0.904. The van der Waals surface area contributed by atoms with Crippen LogP contribution in [0.25, 0.3) is 16.7 Å². The van der Waals surface area contributed by atoms with Crippen molar-refractivity contribution in [3.8, 4) is 0 Å². The van der Waals surface area contributed by atoms with E-state index in [1.54, 1.807) is 0 Å². The van der Waals surface area contributed by atoms with Crippen molar-refractivity contribution in [2.24, 2.45) is 16.7 Å². The fourth-order valence-electron chi connectivity index (χ4n) is 6.33. The molecule has 2 aromatic rings. The number of carbonyl (C=O) groups is 1. The number of aromatic amines is 1. The predicted molar refractivity (Wildman–Crippen MR) is 119 cm³/mol. The molecule has 1 aliphatic heterocycles. The summed E-state index contributed by atoms with van der Waals surface area (Å²) in [5, 5.41) is 0. The molecule has 1 saturated heterocycles. The largest absolute Gasteiger partial charge is 0.466 e. The van der Waals surface area contributed by atoms with Gasteiger partial charge in [-0.25, -0.2) is 4.98 Å². The van der Waals surface area contributed by atoms with Crippen LogP contribution in [0.15, 0.2) is 24.8 Å². The maximum absolute atomic E-state index is 12.0. The molecule has 0 amide bonds. The third-order valence-corrected chi connectivity index (χ3v) is 7.33. The van der Waals surface area contributed by atoms with Crippen LogP contribution in [-0.2, 0) is 9.53 Å². The summed E-state index contributed by atoms with van der Waals surface area (Å²) in [4.78, 5) is 22.7. The monoisotopic (exact) mass is 407 g/mol. The number of carbonyl (C=O) groups excluding carboxylic acids is 1. The highest BCUT2D eigenvalue weighted by Gasteiger charge is 2.50. The molecule has 0 radical (unpaired) electrons. The normalized spacial score (nSPS) is 31.7. The van der Waals surface area contributed by atoms with Gasteiger partial charge in [-0.05, 0) is 61.1 Å². The average molecular weight is 408 g/mol. The lowest BCUT2D eigenvalue weighted by Crippen LogP contribution is -2.34. The molecule has 4 atom stereocenters. The number of likely N-dealkylation sites (tertiary alicyclic amines) is 1. The number of nitrogens with one attached hydrogen (secondary N) is 1. The third-order valence-electron chi connectivity index (χ3n) is 7.33. The molecule has 160 valence electrons. The molecule has 5 nitrogen and oxygen atoms in total. The van der Waals surface area contributed by atoms with Gasteiger partial charge >= 0.3 is 5.97 Å². The molecule has 30 heavy (non-hydrogen) atoms. The lowest BCUT2D eigenvalue weighted by molar-refractivity contribution is -0.144. The number of H-pyrrole nitrogens is 1. The number of fused-ring (bicyclic) bond motifs is 3. The minimum absolute atomic E-state index is 0.0482. The lowest BCUT2D eigenvalue weighted by Gasteiger charge is -2.39. The van der Waals surface area contributed by atoms with Gasteiger partial charge in [-0.3, -0.25) is 4.79 Å². The van der Waals surface area contributed by atoms with Gasteiger partial charge < -0.3 is 14.6 Å². The Morgan fingerprint density at radius 2 is 2.13 bits per heavy atom. The van der Waals surface area contributed by atoms with Gasteiger partial charge in [-0.15, -0.1) is 0 Å². The third kappa shape index (κ3) is 3.32. The van der Waals surface area contributed by atoms with E-state index in [-0.39, 0.29) is 17.8 Å². The van der Waals surface area contributed by atoms with Crippen molar-refractivity contribution in [1.82, 2.24) is 14.9 Å². The minimum atomic E-state index is -0.103. The van der Waals surface area contributed by atoms with Crippen LogP contribution in [0.2, 0.25) is 0 Å². The van der Waals surface area contributed by atoms with Crippen LogP contribution in [0.1, 0.15) is 70.7 Å². The molecule has 5 heteroatoms. The summed E-state index contributed by atoms with van der Waals surface area (Å²) in [6, 6.07) is 6.97. The number of nitrogens with zero attached hydrogens (tertiary/aromatic N) is 2. The summed E-state index contributed by atoms with van der Waals surface area (Å²) in [5.41, 5.74) is 5.03. The molecule has 2 saturated carbocycles. The maximum Gasteiger partial charge on any atom is 0.309 e. The summed E-state index contributed by atoms with van der Waals surface area (Å²) in [6.45, 7) is 15.1. The van der Waals surface area contributed by atoms with Gasteiger partial charge in [0.25, 0.3) is 0 Å². The fraction of sp³-hybridized carbons (Fsp3) is 0.600. The zero-order chi connectivity index (χ0) is 21.3. The van der Waals surface area contributed by atoms with Gasteiger partial charge in [-0.2, -0.15) is 0 Å². The second-order valence-electron chi connectivity index (χ2n) is 10.8. The van der Waals surface area contributed by atoms with Crippen molar-refractivity contribution < 1.29 is 9.53 Å². The van der Waals surface area contributed by atoms with E-state index in [9.17, 15) is 4.79 Å². The highest BCUT2D eigenvalue weighted by Crippen LogP contribution is 2.54. The van der Waals surface area contributed by atoms with E-state index in [4.69, 9.17) is 9.72 Å². The summed E-state index contributed by atoms with van der Waals surface area (Å²) in [6.07, 6.45) is 4.60. The van der Waals surface area contributed by atoms with E-state index in [1.807, 2.05) is 6.92 Å². The first-order valence-electron chi connectivity index (χ1n) is 11.3. The molecule has 1 aromatic heterocycles. The van der Waals surface area contributed by atoms with Crippen LogP contribution < -0.4 is 0 Å². The van der Waals surface area contributed by atoms with Gasteiger partial charge in [0.2, 0.25) is 0 Å². The highest BCUT2D eigenvalue weighted by atomic mass is 16.5. The molecule has 5 rings (SSSR count). The Kier molecular flexibility index (Phi) is 4.32. The topological polar surface area (TPSA) is 58.2 Å². The van der Waals surface area contributed by atoms with Crippen molar-refractivity contribution in [2.45, 2.75) is 65.3 Å². The quantitative estimate of drug-likeness (QED) is 0.701. The van der Waals surface area contributed by atoms with Crippen LogP contribution in [0.5, 0.6) is 0 Å². The first kappa shape index (κ1) is 19.7. The second-order valence-corrected chi connectivity index (χ2v) is 10.8. The molecule has 1 aromatic carbocycles. The molecule has 3 fully saturated rings.